The van der Waals surface area contributed by atoms with Gasteiger partial charge in [0.2, 0.25) is 18.2 Å². The number of carbonyl (C=O) groups excluding carboxylic acids is 3. The van der Waals surface area contributed by atoms with Crippen LogP contribution < -0.4 is 10.6 Å². The van der Waals surface area contributed by atoms with Gasteiger partial charge in [0.1, 0.15) is 6.04 Å². The van der Waals surface area contributed by atoms with E-state index in [1.165, 1.54) is 0 Å². The van der Waals surface area contributed by atoms with Crippen molar-refractivity contribution in [3.63, 3.8) is 0 Å². The van der Waals surface area contributed by atoms with Crippen molar-refractivity contribution in [3.05, 3.63) is 0 Å². The second-order valence-electron chi connectivity index (χ2n) is 7.90. The van der Waals surface area contributed by atoms with Crippen molar-refractivity contribution in [1.29, 1.82) is 0 Å². The molecule has 2 heterocycles. The van der Waals surface area contributed by atoms with E-state index in [0.717, 1.165) is 19.3 Å². The number of amides is 3. The Hall–Kier alpha value is -1.63. The number of hydrogen-bond donors (Lipinski definition) is 2. The maximum Gasteiger partial charge on any atom is 0.246 e. The smallest absolute Gasteiger partial charge is 0.246 e. The highest BCUT2D eigenvalue weighted by atomic mass is 16.2. The molecule has 3 unspecified atom stereocenters. The maximum atomic E-state index is 13.2. The van der Waals surface area contributed by atoms with Crippen LogP contribution in [0.5, 0.6) is 0 Å². The fourth-order valence-electron chi connectivity index (χ4n) is 3.64. The van der Waals surface area contributed by atoms with Gasteiger partial charge in [-0.1, -0.05) is 20.8 Å². The predicted molar refractivity (Wildman–Crippen MR) is 91.2 cm³/mol. The van der Waals surface area contributed by atoms with Gasteiger partial charge in [-0.25, -0.2) is 0 Å². The van der Waals surface area contributed by atoms with Crippen LogP contribution in [0.25, 0.3) is 0 Å². The molecule has 0 radical (unpaired) electrons. The third-order valence-corrected chi connectivity index (χ3v) is 5.26. The first-order valence-electron chi connectivity index (χ1n) is 8.70. The number of hydrogen-bond acceptors (Lipinski definition) is 4. The summed E-state index contributed by atoms with van der Waals surface area (Å²) in [5.74, 6) is -0.220. The van der Waals surface area contributed by atoms with Crippen molar-refractivity contribution >= 4 is 18.2 Å². The molecule has 2 fully saturated rings. The minimum atomic E-state index is -0.579. The summed E-state index contributed by atoms with van der Waals surface area (Å²) in [7, 11) is 1.72. The quantitative estimate of drug-likeness (QED) is 0.689. The highest BCUT2D eigenvalue weighted by molar-refractivity contribution is 5.90. The molecule has 0 aromatic rings. The fourth-order valence-corrected chi connectivity index (χ4v) is 3.64. The maximum absolute atomic E-state index is 13.2. The number of carbonyl (C=O) groups is 3. The van der Waals surface area contributed by atoms with Gasteiger partial charge < -0.3 is 20.4 Å². The average Bonchev–Trinajstić information content (AvgIpc) is 3.10. The molecule has 0 bridgehead atoms. The molecule has 3 amide bonds. The molecule has 2 rings (SSSR count). The van der Waals surface area contributed by atoms with Crippen LogP contribution in [-0.4, -0.2) is 72.3 Å². The Morgan fingerprint density at radius 2 is 1.79 bits per heavy atom. The van der Waals surface area contributed by atoms with Crippen LogP contribution in [0.3, 0.4) is 0 Å². The number of likely N-dealkylation sites (tertiary alicyclic amines) is 2. The SMILES string of the molecule is CN[C@@H](C)C(=O)NC(C(=O)N1CCC2C1CCN2C=O)C(C)(C)C. The molecule has 7 nitrogen and oxygen atoms in total. The standard InChI is InChI=1S/C17H30N4O3/c1-11(18-5)15(23)19-14(17(2,3)4)16(24)21-9-7-12-13(21)6-8-20(12)10-22/h10-14,18H,6-9H2,1-5H3,(H,19,23)/t11-,12?,13?,14?/m0/s1. The van der Waals surface area contributed by atoms with E-state index in [4.69, 9.17) is 0 Å². The van der Waals surface area contributed by atoms with Crippen LogP contribution in [-0.2, 0) is 14.4 Å². The molecule has 2 N–H and O–H groups in total. The molecule has 0 spiro atoms. The van der Waals surface area contributed by atoms with E-state index in [2.05, 4.69) is 10.6 Å². The van der Waals surface area contributed by atoms with E-state index in [9.17, 15) is 14.4 Å². The van der Waals surface area contributed by atoms with Crippen molar-refractivity contribution < 1.29 is 14.4 Å². The lowest BCUT2D eigenvalue weighted by Crippen LogP contribution is -2.58. The Balaban J connectivity index is 2.14. The Labute approximate surface area is 144 Å². The first kappa shape index (κ1) is 18.7. The zero-order chi connectivity index (χ0) is 18.1. The summed E-state index contributed by atoms with van der Waals surface area (Å²) in [6.07, 6.45) is 2.51. The predicted octanol–water partition coefficient (Wildman–Crippen LogP) is -0.0432. The lowest BCUT2D eigenvalue weighted by atomic mass is 9.85. The Kier molecular flexibility index (Phi) is 5.52. The van der Waals surface area contributed by atoms with Crippen LogP contribution >= 0.6 is 0 Å². The zero-order valence-electron chi connectivity index (χ0n) is 15.3. The summed E-state index contributed by atoms with van der Waals surface area (Å²) in [4.78, 5) is 40.2. The topological polar surface area (TPSA) is 81.8 Å². The zero-order valence-corrected chi connectivity index (χ0v) is 15.3. The molecule has 2 aliphatic rings. The Bertz CT molecular complexity index is 503. The van der Waals surface area contributed by atoms with Crippen LogP contribution in [0.15, 0.2) is 0 Å². The van der Waals surface area contributed by atoms with Gasteiger partial charge in [-0.3, -0.25) is 14.4 Å². The molecule has 24 heavy (non-hydrogen) atoms. The Morgan fingerprint density at radius 3 is 2.33 bits per heavy atom. The second kappa shape index (κ2) is 7.09. The van der Waals surface area contributed by atoms with E-state index in [1.807, 2.05) is 25.7 Å². The molecular formula is C17H30N4O3. The summed E-state index contributed by atoms with van der Waals surface area (Å²) in [6.45, 7) is 8.98. The largest absolute Gasteiger partial charge is 0.342 e. The van der Waals surface area contributed by atoms with Crippen LogP contribution in [0.4, 0.5) is 0 Å². The molecule has 0 aromatic heterocycles. The van der Waals surface area contributed by atoms with Crippen LogP contribution in [0, 0.1) is 5.41 Å². The normalized spacial score (nSPS) is 26.0. The van der Waals surface area contributed by atoms with Gasteiger partial charge in [-0.05, 0) is 32.2 Å². The lowest BCUT2D eigenvalue weighted by molar-refractivity contribution is -0.140. The molecule has 4 atom stereocenters. The monoisotopic (exact) mass is 338 g/mol. The molecular weight excluding hydrogens is 308 g/mol. The summed E-state index contributed by atoms with van der Waals surface area (Å²) in [5, 5.41) is 5.81. The van der Waals surface area contributed by atoms with E-state index in [1.54, 1.807) is 18.9 Å². The summed E-state index contributed by atoms with van der Waals surface area (Å²) < 4.78 is 0. The Morgan fingerprint density at radius 1 is 1.17 bits per heavy atom. The third-order valence-electron chi connectivity index (χ3n) is 5.26. The van der Waals surface area contributed by atoms with Gasteiger partial charge in [0.15, 0.2) is 0 Å². The summed E-state index contributed by atoms with van der Waals surface area (Å²) >= 11 is 0. The minimum Gasteiger partial charge on any atom is -0.342 e. The van der Waals surface area contributed by atoms with Gasteiger partial charge in [-0.15, -0.1) is 0 Å². The van der Waals surface area contributed by atoms with Gasteiger partial charge >= 0.3 is 0 Å². The first-order chi connectivity index (χ1) is 11.2. The number of rotatable bonds is 5. The molecule has 2 aliphatic heterocycles. The van der Waals surface area contributed by atoms with E-state index in [0.29, 0.717) is 13.1 Å². The van der Waals surface area contributed by atoms with Crippen LogP contribution in [0.1, 0.15) is 40.5 Å². The molecule has 0 aliphatic carbocycles. The van der Waals surface area contributed by atoms with Crippen molar-refractivity contribution in [2.24, 2.45) is 5.41 Å². The van der Waals surface area contributed by atoms with Gasteiger partial charge in [-0.2, -0.15) is 0 Å². The van der Waals surface area contributed by atoms with Gasteiger partial charge in [0.05, 0.1) is 18.1 Å². The lowest BCUT2D eigenvalue weighted by Gasteiger charge is -2.36. The van der Waals surface area contributed by atoms with E-state index in [-0.39, 0.29) is 35.4 Å². The van der Waals surface area contributed by atoms with Gasteiger partial charge in [0, 0.05) is 13.1 Å². The van der Waals surface area contributed by atoms with Crippen molar-refractivity contribution in [2.45, 2.75) is 64.7 Å². The minimum absolute atomic E-state index is 0.0422. The summed E-state index contributed by atoms with van der Waals surface area (Å²) in [6, 6.07) is -0.735. The van der Waals surface area contributed by atoms with Crippen molar-refractivity contribution in [2.75, 3.05) is 20.1 Å². The molecule has 7 heteroatoms. The molecule has 2 saturated heterocycles. The van der Waals surface area contributed by atoms with E-state index < -0.39 is 6.04 Å². The third kappa shape index (κ3) is 3.55. The molecule has 0 saturated carbocycles. The highest BCUT2D eigenvalue weighted by Gasteiger charge is 2.47. The number of likely N-dealkylation sites (N-methyl/N-ethyl adjacent to an activating group) is 1. The molecule has 136 valence electrons. The van der Waals surface area contributed by atoms with Crippen molar-refractivity contribution in [3.8, 4) is 0 Å². The highest BCUT2D eigenvalue weighted by Crippen LogP contribution is 2.33. The fraction of sp³-hybridized carbons (Fsp3) is 0.824. The van der Waals surface area contributed by atoms with Gasteiger partial charge in [0.25, 0.3) is 0 Å². The first-order valence-corrected chi connectivity index (χ1v) is 8.70. The summed E-state index contributed by atoms with van der Waals surface area (Å²) in [5.41, 5.74) is -0.388. The van der Waals surface area contributed by atoms with Crippen LogP contribution in [0.2, 0.25) is 0 Å². The van der Waals surface area contributed by atoms with E-state index >= 15 is 0 Å². The average molecular weight is 338 g/mol. The number of nitrogens with one attached hydrogen (secondary N) is 2. The number of fused-ring (bicyclic) bond motifs is 1. The number of nitrogens with zero attached hydrogens (tertiary/aromatic N) is 2. The van der Waals surface area contributed by atoms with Crippen molar-refractivity contribution in [1.82, 2.24) is 20.4 Å². The second-order valence-corrected chi connectivity index (χ2v) is 7.90. The molecule has 0 aromatic carbocycles.